The molecule has 0 N–H and O–H groups in total. The van der Waals surface area contributed by atoms with Crippen LogP contribution in [0.5, 0.6) is 0 Å². The molecular formula is C16H26N2O2S2. The zero-order valence-corrected chi connectivity index (χ0v) is 15.1. The van der Waals surface area contributed by atoms with E-state index in [1.165, 1.54) is 36.2 Å². The number of aryl methyl sites for hydroxylation is 1. The maximum Gasteiger partial charge on any atom is 0.211 e. The average Bonchev–Trinajstić information content (AvgIpc) is 3.09. The highest BCUT2D eigenvalue weighted by Gasteiger charge is 2.33. The summed E-state index contributed by atoms with van der Waals surface area (Å²) in [4.78, 5) is 4.07. The van der Waals surface area contributed by atoms with E-state index in [0.717, 1.165) is 25.3 Å². The van der Waals surface area contributed by atoms with Crippen LogP contribution in [0.1, 0.15) is 29.7 Å². The number of piperidine rings is 1. The van der Waals surface area contributed by atoms with Crippen molar-refractivity contribution < 1.29 is 8.42 Å². The summed E-state index contributed by atoms with van der Waals surface area (Å²) >= 11 is 1.86. The van der Waals surface area contributed by atoms with Gasteiger partial charge < -0.3 is 0 Å². The Morgan fingerprint density at radius 2 is 1.86 bits per heavy atom. The van der Waals surface area contributed by atoms with Gasteiger partial charge in [0.1, 0.15) is 0 Å². The van der Waals surface area contributed by atoms with Crippen LogP contribution < -0.4 is 0 Å². The monoisotopic (exact) mass is 342 g/mol. The van der Waals surface area contributed by atoms with Gasteiger partial charge in [-0.05, 0) is 61.6 Å². The molecule has 0 spiro atoms. The summed E-state index contributed by atoms with van der Waals surface area (Å²) in [6, 6.07) is 2.20. The first kappa shape index (κ1) is 16.4. The van der Waals surface area contributed by atoms with E-state index < -0.39 is 10.0 Å². The molecule has 2 aliphatic rings. The van der Waals surface area contributed by atoms with Crippen LogP contribution in [0.2, 0.25) is 0 Å². The molecule has 1 atom stereocenters. The fourth-order valence-corrected chi connectivity index (χ4v) is 5.66. The topological polar surface area (TPSA) is 40.6 Å². The van der Waals surface area contributed by atoms with E-state index in [-0.39, 0.29) is 0 Å². The van der Waals surface area contributed by atoms with Gasteiger partial charge in [0.05, 0.1) is 6.26 Å². The van der Waals surface area contributed by atoms with E-state index >= 15 is 0 Å². The summed E-state index contributed by atoms with van der Waals surface area (Å²) in [5, 5.41) is 2.18. The van der Waals surface area contributed by atoms with Gasteiger partial charge in [-0.25, -0.2) is 12.7 Å². The van der Waals surface area contributed by atoms with Gasteiger partial charge in [-0.3, -0.25) is 4.90 Å². The molecule has 0 aromatic carbocycles. The highest BCUT2D eigenvalue weighted by Crippen LogP contribution is 2.33. The zero-order valence-electron chi connectivity index (χ0n) is 13.5. The summed E-state index contributed by atoms with van der Waals surface area (Å²) in [6.45, 7) is 7.08. The number of thiophene rings is 1. The first-order valence-electron chi connectivity index (χ1n) is 8.14. The normalized spacial score (nSPS) is 25.8. The summed E-state index contributed by atoms with van der Waals surface area (Å²) in [6.07, 6.45) is 4.66. The first-order valence-corrected chi connectivity index (χ1v) is 10.9. The van der Waals surface area contributed by atoms with Crippen molar-refractivity contribution in [3.05, 3.63) is 21.9 Å². The lowest BCUT2D eigenvalue weighted by molar-refractivity contribution is 0.202. The molecule has 0 saturated carbocycles. The minimum atomic E-state index is -3.00. The maximum absolute atomic E-state index is 11.6. The van der Waals surface area contributed by atoms with Gasteiger partial charge in [0.2, 0.25) is 10.0 Å². The van der Waals surface area contributed by atoms with Crippen molar-refractivity contribution in [3.63, 3.8) is 0 Å². The SMILES string of the molecule is Cc1ccsc1CN1CCC(C2CCN(S(C)(=O)=O)CC2)C1. The van der Waals surface area contributed by atoms with E-state index in [9.17, 15) is 8.42 Å². The molecule has 1 aromatic heterocycles. The largest absolute Gasteiger partial charge is 0.298 e. The Morgan fingerprint density at radius 1 is 1.18 bits per heavy atom. The number of rotatable bonds is 4. The molecule has 3 heterocycles. The standard InChI is InChI=1S/C16H26N2O2S2/c1-13-6-10-21-16(13)12-17-7-3-15(11-17)14-4-8-18(9-5-14)22(2,19)20/h6,10,14-15H,3-5,7-9,11-12H2,1-2H3. The molecule has 0 bridgehead atoms. The van der Waals surface area contributed by atoms with Crippen LogP contribution in [0.3, 0.4) is 0 Å². The molecule has 6 heteroatoms. The van der Waals surface area contributed by atoms with E-state index in [1.54, 1.807) is 4.31 Å². The molecule has 1 aromatic rings. The third-order valence-corrected chi connectivity index (χ3v) is 7.59. The molecule has 22 heavy (non-hydrogen) atoms. The van der Waals surface area contributed by atoms with Crippen LogP contribution in [0.4, 0.5) is 0 Å². The van der Waals surface area contributed by atoms with Crippen LogP contribution in [0.15, 0.2) is 11.4 Å². The number of nitrogens with zero attached hydrogens (tertiary/aromatic N) is 2. The van der Waals surface area contributed by atoms with Crippen LogP contribution in [-0.4, -0.2) is 50.1 Å². The smallest absolute Gasteiger partial charge is 0.211 e. The molecule has 2 saturated heterocycles. The van der Waals surface area contributed by atoms with Crippen molar-refractivity contribution in [1.82, 2.24) is 9.21 Å². The fourth-order valence-electron chi connectivity index (χ4n) is 3.84. The Morgan fingerprint density at radius 3 is 2.45 bits per heavy atom. The minimum Gasteiger partial charge on any atom is -0.298 e. The molecular weight excluding hydrogens is 316 g/mol. The lowest BCUT2D eigenvalue weighted by atomic mass is 9.84. The Kier molecular flexibility index (Phi) is 4.92. The van der Waals surface area contributed by atoms with Crippen molar-refractivity contribution in [3.8, 4) is 0 Å². The molecule has 2 aliphatic heterocycles. The molecule has 1 unspecified atom stereocenters. The number of likely N-dealkylation sites (tertiary alicyclic amines) is 1. The van der Waals surface area contributed by atoms with Gasteiger partial charge in [0.25, 0.3) is 0 Å². The van der Waals surface area contributed by atoms with Gasteiger partial charge in [-0.1, -0.05) is 0 Å². The van der Waals surface area contributed by atoms with Crippen LogP contribution >= 0.6 is 11.3 Å². The average molecular weight is 343 g/mol. The Hall–Kier alpha value is -0.430. The number of sulfonamides is 1. The van der Waals surface area contributed by atoms with Gasteiger partial charge in [-0.15, -0.1) is 11.3 Å². The molecule has 2 fully saturated rings. The summed E-state index contributed by atoms with van der Waals surface area (Å²) < 4.78 is 24.8. The maximum atomic E-state index is 11.6. The van der Waals surface area contributed by atoms with Crippen molar-refractivity contribution in [2.45, 2.75) is 32.7 Å². The van der Waals surface area contributed by atoms with Gasteiger partial charge in [0, 0.05) is 31.1 Å². The predicted octanol–water partition coefficient (Wildman–Crippen LogP) is 2.55. The quantitative estimate of drug-likeness (QED) is 0.844. The third kappa shape index (κ3) is 3.72. The van der Waals surface area contributed by atoms with Crippen molar-refractivity contribution in [2.24, 2.45) is 11.8 Å². The van der Waals surface area contributed by atoms with Crippen LogP contribution in [0, 0.1) is 18.8 Å². The third-order valence-electron chi connectivity index (χ3n) is 5.28. The van der Waals surface area contributed by atoms with Crippen molar-refractivity contribution in [2.75, 3.05) is 32.4 Å². The van der Waals surface area contributed by atoms with E-state index in [1.807, 2.05) is 11.3 Å². The number of hydrogen-bond donors (Lipinski definition) is 0. The summed E-state index contributed by atoms with van der Waals surface area (Å²) in [5.74, 6) is 1.45. The Labute approximate surface area is 138 Å². The van der Waals surface area contributed by atoms with Crippen molar-refractivity contribution >= 4 is 21.4 Å². The Balaban J connectivity index is 1.50. The summed E-state index contributed by atoms with van der Waals surface area (Å²) in [5.41, 5.74) is 1.41. The van der Waals surface area contributed by atoms with E-state index in [0.29, 0.717) is 19.0 Å². The lowest BCUT2D eigenvalue weighted by Crippen LogP contribution is -2.39. The highest BCUT2D eigenvalue weighted by molar-refractivity contribution is 7.88. The molecule has 3 rings (SSSR count). The van der Waals surface area contributed by atoms with E-state index in [4.69, 9.17) is 0 Å². The van der Waals surface area contributed by atoms with Gasteiger partial charge >= 0.3 is 0 Å². The Bertz CT molecular complexity index is 603. The molecule has 0 amide bonds. The highest BCUT2D eigenvalue weighted by atomic mass is 32.2. The lowest BCUT2D eigenvalue weighted by Gasteiger charge is -2.33. The second kappa shape index (κ2) is 6.59. The second-order valence-electron chi connectivity index (χ2n) is 6.81. The van der Waals surface area contributed by atoms with Gasteiger partial charge in [0.15, 0.2) is 0 Å². The second-order valence-corrected chi connectivity index (χ2v) is 9.79. The molecule has 124 valence electrons. The first-order chi connectivity index (χ1) is 10.4. The molecule has 4 nitrogen and oxygen atoms in total. The summed E-state index contributed by atoms with van der Waals surface area (Å²) in [7, 11) is -3.00. The van der Waals surface area contributed by atoms with Crippen molar-refractivity contribution in [1.29, 1.82) is 0 Å². The minimum absolute atomic E-state index is 0.701. The van der Waals surface area contributed by atoms with Gasteiger partial charge in [-0.2, -0.15) is 0 Å². The molecule has 0 radical (unpaired) electrons. The molecule has 0 aliphatic carbocycles. The predicted molar refractivity (Wildman–Crippen MR) is 91.6 cm³/mol. The fraction of sp³-hybridized carbons (Fsp3) is 0.750. The van der Waals surface area contributed by atoms with E-state index in [2.05, 4.69) is 23.3 Å². The number of hydrogen-bond acceptors (Lipinski definition) is 4. The zero-order chi connectivity index (χ0) is 15.7. The van der Waals surface area contributed by atoms with Crippen LogP contribution in [-0.2, 0) is 16.6 Å². The van der Waals surface area contributed by atoms with Crippen LogP contribution in [0.25, 0.3) is 0 Å².